The quantitative estimate of drug-likeness (QED) is 0.897. The van der Waals surface area contributed by atoms with E-state index in [-0.39, 0.29) is 12.1 Å². The van der Waals surface area contributed by atoms with E-state index in [0.29, 0.717) is 11.8 Å². The Kier molecular flexibility index (Phi) is 5.44. The average molecular weight is 349 g/mol. The van der Waals surface area contributed by atoms with Crippen LogP contribution in [0, 0.1) is 12.8 Å². The second-order valence-electron chi connectivity index (χ2n) is 6.17. The normalized spacial score (nSPS) is 19.2. The number of thiazole rings is 1. The molecule has 0 aliphatic carbocycles. The van der Waals surface area contributed by atoms with E-state index in [1.54, 1.807) is 24.5 Å². The van der Waals surface area contributed by atoms with Gasteiger partial charge in [-0.3, -0.25) is 0 Å². The first-order chi connectivity index (χ1) is 11.7. The highest BCUT2D eigenvalue weighted by atomic mass is 32.1. The van der Waals surface area contributed by atoms with Crippen LogP contribution in [0.4, 0.5) is 4.79 Å². The molecule has 3 heterocycles. The Hall–Kier alpha value is -1.96. The molecule has 2 atom stereocenters. The number of urea groups is 1. The number of aromatic nitrogens is 3. The molecular formula is C16H23N5O2S. The molecule has 0 radical (unpaired) electrons. The molecule has 0 spiro atoms. The van der Waals surface area contributed by atoms with Crippen molar-refractivity contribution >= 4 is 17.4 Å². The number of amides is 2. The summed E-state index contributed by atoms with van der Waals surface area (Å²) < 4.78 is 5.03. The summed E-state index contributed by atoms with van der Waals surface area (Å²) in [6.45, 7) is 5.38. The van der Waals surface area contributed by atoms with E-state index in [0.717, 1.165) is 49.6 Å². The molecule has 0 aromatic carbocycles. The van der Waals surface area contributed by atoms with Gasteiger partial charge in [-0.1, -0.05) is 12.1 Å². The summed E-state index contributed by atoms with van der Waals surface area (Å²) in [6, 6.07) is -0.0243. The van der Waals surface area contributed by atoms with E-state index in [9.17, 15) is 4.79 Å². The summed E-state index contributed by atoms with van der Waals surface area (Å²) in [4.78, 5) is 23.1. The third kappa shape index (κ3) is 4.11. The molecule has 8 heteroatoms. The zero-order valence-electron chi connectivity index (χ0n) is 14.1. The number of aryl methyl sites for hydroxylation is 1. The fourth-order valence-corrected chi connectivity index (χ4v) is 3.86. The van der Waals surface area contributed by atoms with Gasteiger partial charge in [-0.15, -0.1) is 11.3 Å². The smallest absolute Gasteiger partial charge is 0.317 e. The lowest BCUT2D eigenvalue weighted by Crippen LogP contribution is -2.46. The first-order valence-electron chi connectivity index (χ1n) is 8.39. The summed E-state index contributed by atoms with van der Waals surface area (Å²) in [6.07, 6.45) is 5.45. The van der Waals surface area contributed by atoms with Gasteiger partial charge in [0, 0.05) is 38.0 Å². The van der Waals surface area contributed by atoms with Crippen molar-refractivity contribution in [2.24, 2.45) is 5.92 Å². The van der Waals surface area contributed by atoms with E-state index >= 15 is 0 Å². The monoisotopic (exact) mass is 349 g/mol. The fourth-order valence-electron chi connectivity index (χ4n) is 3.08. The van der Waals surface area contributed by atoms with Gasteiger partial charge in [0.15, 0.2) is 5.82 Å². The Morgan fingerprint density at radius 3 is 3.12 bits per heavy atom. The van der Waals surface area contributed by atoms with Crippen LogP contribution in [0.15, 0.2) is 16.1 Å². The zero-order chi connectivity index (χ0) is 16.9. The first-order valence-corrected chi connectivity index (χ1v) is 9.27. The molecule has 1 aliphatic heterocycles. The van der Waals surface area contributed by atoms with Gasteiger partial charge in [-0.2, -0.15) is 4.98 Å². The molecule has 0 bridgehead atoms. The third-order valence-electron chi connectivity index (χ3n) is 4.30. The second-order valence-corrected chi connectivity index (χ2v) is 7.09. The van der Waals surface area contributed by atoms with Crippen LogP contribution in [0.2, 0.25) is 0 Å². The second kappa shape index (κ2) is 7.74. The van der Waals surface area contributed by atoms with E-state index in [1.807, 2.05) is 10.3 Å². The van der Waals surface area contributed by atoms with E-state index < -0.39 is 0 Å². The lowest BCUT2D eigenvalue weighted by molar-refractivity contribution is 0.160. The Morgan fingerprint density at radius 1 is 1.58 bits per heavy atom. The molecule has 7 nitrogen and oxygen atoms in total. The molecular weight excluding hydrogens is 326 g/mol. The molecule has 2 aromatic heterocycles. The Balaban J connectivity index is 1.56. The number of piperidine rings is 1. The summed E-state index contributed by atoms with van der Waals surface area (Å²) in [7, 11) is 0. The third-order valence-corrected chi connectivity index (χ3v) is 5.19. The molecule has 1 aliphatic rings. The maximum atomic E-state index is 12.6. The zero-order valence-corrected chi connectivity index (χ0v) is 14.9. The highest BCUT2D eigenvalue weighted by molar-refractivity contribution is 7.09. The van der Waals surface area contributed by atoms with E-state index in [2.05, 4.69) is 27.4 Å². The molecule has 3 rings (SSSR count). The Labute approximate surface area is 145 Å². The van der Waals surface area contributed by atoms with Crippen molar-refractivity contribution in [3.8, 4) is 0 Å². The van der Waals surface area contributed by atoms with Crippen molar-refractivity contribution in [2.75, 3.05) is 13.1 Å². The highest BCUT2D eigenvalue weighted by Gasteiger charge is 2.26. The number of carbonyl (C=O) groups is 1. The number of nitrogens with one attached hydrogen (secondary N) is 1. The molecule has 1 fully saturated rings. The number of nitrogens with zero attached hydrogens (tertiary/aromatic N) is 4. The topological polar surface area (TPSA) is 84.2 Å². The minimum atomic E-state index is -0.0160. The van der Waals surface area contributed by atoms with Crippen LogP contribution in [0.5, 0.6) is 0 Å². The molecule has 2 amide bonds. The average Bonchev–Trinajstić information content (AvgIpc) is 3.24. The van der Waals surface area contributed by atoms with Crippen molar-refractivity contribution in [3.05, 3.63) is 28.3 Å². The number of rotatable bonds is 5. The highest BCUT2D eigenvalue weighted by Crippen LogP contribution is 2.22. The van der Waals surface area contributed by atoms with Crippen molar-refractivity contribution < 1.29 is 9.32 Å². The lowest BCUT2D eigenvalue weighted by atomic mass is 9.95. The SMILES string of the molecule is CC[C@@H](NC(=O)N1CCC[C@@H](Cc2noc(C)n2)C1)c1nccs1. The van der Waals surface area contributed by atoms with Crippen molar-refractivity contribution in [3.63, 3.8) is 0 Å². The maximum Gasteiger partial charge on any atom is 0.317 e. The van der Waals surface area contributed by atoms with Gasteiger partial charge in [0.05, 0.1) is 6.04 Å². The van der Waals surface area contributed by atoms with Crippen molar-refractivity contribution in [2.45, 2.75) is 45.6 Å². The number of hydrogen-bond acceptors (Lipinski definition) is 6. The van der Waals surface area contributed by atoms with Crippen molar-refractivity contribution in [1.82, 2.24) is 25.3 Å². The minimum Gasteiger partial charge on any atom is -0.340 e. The van der Waals surface area contributed by atoms with Crippen LogP contribution in [-0.4, -0.2) is 39.1 Å². The van der Waals surface area contributed by atoms with Crippen LogP contribution in [0.25, 0.3) is 0 Å². The largest absolute Gasteiger partial charge is 0.340 e. The Morgan fingerprint density at radius 2 is 2.46 bits per heavy atom. The molecule has 130 valence electrons. The van der Waals surface area contributed by atoms with E-state index in [1.165, 1.54) is 0 Å². The van der Waals surface area contributed by atoms with Gasteiger partial charge in [-0.05, 0) is 25.2 Å². The number of carbonyl (C=O) groups excluding carboxylic acids is 1. The summed E-state index contributed by atoms with van der Waals surface area (Å²) >= 11 is 1.58. The predicted octanol–water partition coefficient (Wildman–Crippen LogP) is 2.95. The molecule has 0 saturated carbocycles. The number of hydrogen-bond donors (Lipinski definition) is 1. The molecule has 1 N–H and O–H groups in total. The fraction of sp³-hybridized carbons (Fsp3) is 0.625. The van der Waals surface area contributed by atoms with E-state index in [4.69, 9.17) is 4.52 Å². The molecule has 1 saturated heterocycles. The number of likely N-dealkylation sites (tertiary alicyclic amines) is 1. The van der Waals surface area contributed by atoms with Crippen LogP contribution in [-0.2, 0) is 6.42 Å². The maximum absolute atomic E-state index is 12.6. The van der Waals surface area contributed by atoms with Gasteiger partial charge in [0.25, 0.3) is 0 Å². The van der Waals surface area contributed by atoms with Crippen LogP contribution in [0.1, 0.15) is 49.0 Å². The summed E-state index contributed by atoms with van der Waals surface area (Å²) in [5.41, 5.74) is 0. The van der Waals surface area contributed by atoms with Crippen LogP contribution >= 0.6 is 11.3 Å². The van der Waals surface area contributed by atoms with Crippen molar-refractivity contribution in [1.29, 1.82) is 0 Å². The summed E-state index contributed by atoms with van der Waals surface area (Å²) in [5, 5.41) is 9.97. The lowest BCUT2D eigenvalue weighted by Gasteiger charge is -2.33. The molecule has 2 aromatic rings. The van der Waals surface area contributed by atoms with Crippen LogP contribution in [0.3, 0.4) is 0 Å². The summed E-state index contributed by atoms with van der Waals surface area (Å²) in [5.74, 6) is 1.69. The van der Waals surface area contributed by atoms with Gasteiger partial charge in [0.1, 0.15) is 5.01 Å². The van der Waals surface area contributed by atoms with Gasteiger partial charge in [-0.25, -0.2) is 9.78 Å². The minimum absolute atomic E-state index is 0.00829. The predicted molar refractivity (Wildman–Crippen MR) is 90.7 cm³/mol. The molecule has 24 heavy (non-hydrogen) atoms. The van der Waals surface area contributed by atoms with Crippen LogP contribution < -0.4 is 5.32 Å². The standard InChI is InChI=1S/C16H23N5O2S/c1-3-13(15-17-6-8-24-15)19-16(22)21-7-4-5-12(10-21)9-14-18-11(2)23-20-14/h6,8,12-13H,3-5,7,9-10H2,1-2H3,(H,19,22)/t12-,13+/m0/s1. The first kappa shape index (κ1) is 16.9. The molecule has 0 unspecified atom stereocenters. The van der Waals surface area contributed by atoms with Gasteiger partial charge < -0.3 is 14.7 Å². The van der Waals surface area contributed by atoms with Gasteiger partial charge in [0.2, 0.25) is 5.89 Å². The van der Waals surface area contributed by atoms with Gasteiger partial charge >= 0.3 is 6.03 Å². The Bertz CT molecular complexity index is 657.